The summed E-state index contributed by atoms with van der Waals surface area (Å²) in [4.78, 5) is 12.5. The first-order valence-corrected chi connectivity index (χ1v) is 7.58. The lowest BCUT2D eigenvalue weighted by atomic mass is 10.1. The highest BCUT2D eigenvalue weighted by Crippen LogP contribution is 2.25. The molecule has 0 amide bonds. The first-order valence-electron chi connectivity index (χ1n) is 6.82. The maximum atomic E-state index is 6.17. The molecule has 1 aromatic carbocycles. The van der Waals surface area contributed by atoms with Gasteiger partial charge in [-0.1, -0.05) is 29.3 Å². The zero-order valence-corrected chi connectivity index (χ0v) is 13.6. The molecule has 0 aliphatic heterocycles. The van der Waals surface area contributed by atoms with Crippen molar-refractivity contribution in [3.05, 3.63) is 58.1 Å². The molecule has 7 heteroatoms. The zero-order chi connectivity index (χ0) is 15.9. The van der Waals surface area contributed by atoms with Gasteiger partial charge in [0.05, 0.1) is 11.7 Å². The van der Waals surface area contributed by atoms with Crippen molar-refractivity contribution in [2.75, 3.05) is 6.54 Å². The van der Waals surface area contributed by atoms with E-state index in [1.165, 1.54) is 0 Å². The maximum Gasteiger partial charge on any atom is 0.189 e. The second-order valence-electron chi connectivity index (χ2n) is 4.75. The zero-order valence-electron chi connectivity index (χ0n) is 12.1. The van der Waals surface area contributed by atoms with Gasteiger partial charge in [0.2, 0.25) is 0 Å². The number of hydrogen-bond donors (Lipinski definition) is 2. The minimum Gasteiger partial charge on any atom is -0.370 e. The number of rotatable bonds is 5. The minimum atomic E-state index is -0.0648. The minimum absolute atomic E-state index is 0.0648. The van der Waals surface area contributed by atoms with E-state index in [0.717, 1.165) is 11.3 Å². The largest absolute Gasteiger partial charge is 0.370 e. The highest BCUT2D eigenvalue weighted by Gasteiger charge is 2.10. The SMILES string of the molecule is CC(NC(N)=NCCc1cnccn1)c1ccc(Cl)cc1Cl. The van der Waals surface area contributed by atoms with Gasteiger partial charge in [0, 0.05) is 41.6 Å². The molecule has 1 atom stereocenters. The number of nitrogens with zero attached hydrogens (tertiary/aromatic N) is 3. The third-order valence-corrected chi connectivity index (χ3v) is 3.62. The Balaban J connectivity index is 1.90. The lowest BCUT2D eigenvalue weighted by Crippen LogP contribution is -2.34. The third kappa shape index (κ3) is 4.86. The van der Waals surface area contributed by atoms with Crippen LogP contribution in [0.2, 0.25) is 10.0 Å². The van der Waals surface area contributed by atoms with Crippen LogP contribution >= 0.6 is 23.2 Å². The maximum absolute atomic E-state index is 6.17. The first kappa shape index (κ1) is 16.5. The fourth-order valence-electron chi connectivity index (χ4n) is 1.95. The first-order chi connectivity index (χ1) is 10.6. The van der Waals surface area contributed by atoms with Crippen molar-refractivity contribution in [1.29, 1.82) is 0 Å². The average Bonchev–Trinajstić information content (AvgIpc) is 2.48. The molecule has 0 saturated heterocycles. The smallest absolute Gasteiger partial charge is 0.189 e. The Labute approximate surface area is 139 Å². The summed E-state index contributed by atoms with van der Waals surface area (Å²) < 4.78 is 0. The standard InChI is InChI=1S/C15H17Cl2N5/c1-10(13-3-2-11(16)8-14(13)17)22-15(18)21-5-4-12-9-19-6-7-20-12/h2-3,6-10H,4-5H2,1H3,(H3,18,21,22). The molecule has 22 heavy (non-hydrogen) atoms. The fourth-order valence-corrected chi connectivity index (χ4v) is 2.52. The quantitative estimate of drug-likeness (QED) is 0.649. The number of aromatic nitrogens is 2. The molecule has 0 spiro atoms. The molecule has 3 N–H and O–H groups in total. The van der Waals surface area contributed by atoms with Crippen molar-refractivity contribution in [1.82, 2.24) is 15.3 Å². The van der Waals surface area contributed by atoms with Gasteiger partial charge in [-0.15, -0.1) is 0 Å². The molecular formula is C15H17Cl2N5. The van der Waals surface area contributed by atoms with E-state index in [4.69, 9.17) is 28.9 Å². The van der Waals surface area contributed by atoms with Crippen LogP contribution in [0.15, 0.2) is 41.8 Å². The van der Waals surface area contributed by atoms with Gasteiger partial charge in [-0.3, -0.25) is 15.0 Å². The Morgan fingerprint density at radius 3 is 2.86 bits per heavy atom. The van der Waals surface area contributed by atoms with Gasteiger partial charge in [0.25, 0.3) is 0 Å². The average molecular weight is 338 g/mol. The number of nitrogens with one attached hydrogen (secondary N) is 1. The summed E-state index contributed by atoms with van der Waals surface area (Å²) in [5, 5.41) is 4.31. The number of hydrogen-bond acceptors (Lipinski definition) is 3. The van der Waals surface area contributed by atoms with Crippen molar-refractivity contribution >= 4 is 29.2 Å². The van der Waals surface area contributed by atoms with E-state index in [2.05, 4.69) is 20.3 Å². The lowest BCUT2D eigenvalue weighted by molar-refractivity contribution is 0.707. The van der Waals surface area contributed by atoms with Crippen molar-refractivity contribution in [3.8, 4) is 0 Å². The summed E-state index contributed by atoms with van der Waals surface area (Å²) in [6.45, 7) is 2.50. The van der Waals surface area contributed by atoms with Crippen molar-refractivity contribution in [2.45, 2.75) is 19.4 Å². The summed E-state index contributed by atoms with van der Waals surface area (Å²) in [6, 6.07) is 5.31. The van der Waals surface area contributed by atoms with E-state index in [-0.39, 0.29) is 6.04 Å². The molecule has 5 nitrogen and oxygen atoms in total. The van der Waals surface area contributed by atoms with E-state index in [1.807, 2.05) is 13.0 Å². The Bertz CT molecular complexity index is 646. The third-order valence-electron chi connectivity index (χ3n) is 3.06. The van der Waals surface area contributed by atoms with Gasteiger partial charge in [0.1, 0.15) is 0 Å². The number of guanidine groups is 1. The molecule has 1 aromatic heterocycles. The van der Waals surface area contributed by atoms with E-state index in [0.29, 0.717) is 29.0 Å². The van der Waals surface area contributed by atoms with Crippen LogP contribution in [-0.4, -0.2) is 22.5 Å². The van der Waals surface area contributed by atoms with Crippen LogP contribution in [0.5, 0.6) is 0 Å². The van der Waals surface area contributed by atoms with Crippen LogP contribution in [-0.2, 0) is 6.42 Å². The summed E-state index contributed by atoms with van der Waals surface area (Å²) >= 11 is 12.1. The Kier molecular flexibility index (Phi) is 5.98. The van der Waals surface area contributed by atoms with Gasteiger partial charge < -0.3 is 11.1 Å². The van der Waals surface area contributed by atoms with Crippen molar-refractivity contribution in [2.24, 2.45) is 10.7 Å². The molecule has 0 radical (unpaired) electrons. The second kappa shape index (κ2) is 7.96. The molecule has 1 unspecified atom stereocenters. The van der Waals surface area contributed by atoms with Crippen molar-refractivity contribution < 1.29 is 0 Å². The highest BCUT2D eigenvalue weighted by molar-refractivity contribution is 6.35. The molecule has 0 aliphatic carbocycles. The van der Waals surface area contributed by atoms with Crippen LogP contribution in [0.4, 0.5) is 0 Å². The second-order valence-corrected chi connectivity index (χ2v) is 5.59. The monoisotopic (exact) mass is 337 g/mol. The molecular weight excluding hydrogens is 321 g/mol. The normalized spacial score (nSPS) is 13.0. The molecule has 0 aliphatic rings. The van der Waals surface area contributed by atoms with E-state index >= 15 is 0 Å². The number of benzene rings is 1. The topological polar surface area (TPSA) is 76.2 Å². The molecule has 0 saturated carbocycles. The van der Waals surface area contributed by atoms with Gasteiger partial charge in [-0.2, -0.15) is 0 Å². The van der Waals surface area contributed by atoms with Crippen LogP contribution in [0.1, 0.15) is 24.2 Å². The molecule has 116 valence electrons. The Hall–Kier alpha value is -1.85. The predicted octanol–water partition coefficient (Wildman–Crippen LogP) is 2.99. The molecule has 1 heterocycles. The summed E-state index contributed by atoms with van der Waals surface area (Å²) in [5.74, 6) is 0.363. The van der Waals surface area contributed by atoms with E-state index in [9.17, 15) is 0 Å². The van der Waals surface area contributed by atoms with Crippen molar-refractivity contribution in [3.63, 3.8) is 0 Å². The highest BCUT2D eigenvalue weighted by atomic mass is 35.5. The Morgan fingerprint density at radius 2 is 2.18 bits per heavy atom. The van der Waals surface area contributed by atoms with Gasteiger partial charge in [-0.05, 0) is 24.6 Å². The molecule has 2 rings (SSSR count). The number of aliphatic imine (C=N–C) groups is 1. The molecule has 2 aromatic rings. The molecule has 0 fully saturated rings. The van der Waals surface area contributed by atoms with Crippen LogP contribution in [0.25, 0.3) is 0 Å². The summed E-state index contributed by atoms with van der Waals surface area (Å²) in [6.07, 6.45) is 5.70. The van der Waals surface area contributed by atoms with E-state index < -0.39 is 0 Å². The van der Waals surface area contributed by atoms with Gasteiger partial charge in [-0.25, -0.2) is 0 Å². The fraction of sp³-hybridized carbons (Fsp3) is 0.267. The van der Waals surface area contributed by atoms with Gasteiger partial charge >= 0.3 is 0 Å². The predicted molar refractivity (Wildman–Crippen MR) is 90.2 cm³/mol. The van der Waals surface area contributed by atoms with E-state index in [1.54, 1.807) is 30.7 Å². The number of halogens is 2. The molecule has 0 bridgehead atoms. The van der Waals surface area contributed by atoms with Gasteiger partial charge in [0.15, 0.2) is 5.96 Å². The summed E-state index contributed by atoms with van der Waals surface area (Å²) in [7, 11) is 0. The van der Waals surface area contributed by atoms with Crippen LogP contribution in [0.3, 0.4) is 0 Å². The van der Waals surface area contributed by atoms with Crippen LogP contribution < -0.4 is 11.1 Å². The van der Waals surface area contributed by atoms with Crippen LogP contribution in [0, 0.1) is 0 Å². The Morgan fingerprint density at radius 1 is 1.36 bits per heavy atom. The lowest BCUT2D eigenvalue weighted by Gasteiger charge is -2.16. The summed E-state index contributed by atoms with van der Waals surface area (Å²) in [5.41, 5.74) is 7.69. The number of nitrogens with two attached hydrogens (primary N) is 1.